The number of ether oxygens (including phenoxy) is 1. The highest BCUT2D eigenvalue weighted by Gasteiger charge is 2.35. The van der Waals surface area contributed by atoms with Crippen molar-refractivity contribution in [3.63, 3.8) is 0 Å². The fourth-order valence-corrected chi connectivity index (χ4v) is 4.04. The first-order valence-corrected chi connectivity index (χ1v) is 10.0. The molecule has 2 aromatic heterocycles. The van der Waals surface area contributed by atoms with Crippen LogP contribution in [0.1, 0.15) is 30.5 Å². The molecule has 0 aliphatic carbocycles. The van der Waals surface area contributed by atoms with Gasteiger partial charge in [-0.3, -0.25) is 15.0 Å². The number of carbonyl (C=O) groups is 2. The predicted molar refractivity (Wildman–Crippen MR) is 110 cm³/mol. The summed E-state index contributed by atoms with van der Waals surface area (Å²) in [6.07, 6.45) is 2.16. The lowest BCUT2D eigenvalue weighted by Gasteiger charge is -2.37. The van der Waals surface area contributed by atoms with Crippen LogP contribution in [0.5, 0.6) is 0 Å². The molecule has 4 heterocycles. The van der Waals surface area contributed by atoms with E-state index in [1.807, 2.05) is 30.2 Å². The molecule has 0 bridgehead atoms. The minimum Gasteiger partial charge on any atom is -0.463 e. The Hall–Kier alpha value is -3.42. The summed E-state index contributed by atoms with van der Waals surface area (Å²) in [6, 6.07) is 5.97. The zero-order valence-corrected chi connectivity index (χ0v) is 17.5. The summed E-state index contributed by atoms with van der Waals surface area (Å²) < 4.78 is 11.6. The number of nitrogens with zero attached hydrogens (tertiary/aromatic N) is 4. The van der Waals surface area contributed by atoms with Gasteiger partial charge in [0.05, 0.1) is 24.0 Å². The molecule has 1 fully saturated rings. The Balaban J connectivity index is 1.72. The Morgan fingerprint density at radius 2 is 2.00 bits per heavy atom. The monoisotopic (exact) mass is 424 g/mol. The topological polar surface area (TPSA) is 138 Å². The lowest BCUT2D eigenvalue weighted by Crippen LogP contribution is -2.54. The molecule has 4 rings (SSSR count). The van der Waals surface area contributed by atoms with Gasteiger partial charge in [-0.2, -0.15) is 5.26 Å². The van der Waals surface area contributed by atoms with Crippen LogP contribution in [-0.4, -0.2) is 53.5 Å². The number of nitrogens with one attached hydrogen (secondary N) is 1. The van der Waals surface area contributed by atoms with Crippen molar-refractivity contribution in [2.45, 2.75) is 32.5 Å². The smallest absolute Gasteiger partial charge is 0.323 e. The van der Waals surface area contributed by atoms with Crippen LogP contribution in [0.25, 0.3) is 11.5 Å². The fraction of sp³-hybridized carbons (Fsp3) is 0.429. The molecule has 0 unspecified atom stereocenters. The van der Waals surface area contributed by atoms with E-state index in [0.29, 0.717) is 62.0 Å². The highest BCUT2D eigenvalue weighted by atomic mass is 16.5. The van der Waals surface area contributed by atoms with Gasteiger partial charge in [-0.05, 0) is 31.5 Å². The first-order chi connectivity index (χ1) is 14.8. The highest BCUT2D eigenvalue weighted by molar-refractivity contribution is 6.34. The van der Waals surface area contributed by atoms with Gasteiger partial charge >= 0.3 is 11.8 Å². The van der Waals surface area contributed by atoms with Crippen LogP contribution in [0.15, 0.2) is 22.8 Å². The zero-order valence-electron chi connectivity index (χ0n) is 17.5. The van der Waals surface area contributed by atoms with E-state index >= 15 is 0 Å². The lowest BCUT2D eigenvalue weighted by molar-refractivity contribution is -0.146. The third kappa shape index (κ3) is 3.85. The quantitative estimate of drug-likeness (QED) is 0.311. The van der Waals surface area contributed by atoms with Crippen LogP contribution in [0, 0.1) is 11.3 Å². The van der Waals surface area contributed by atoms with Crippen molar-refractivity contribution in [3.8, 4) is 17.5 Å². The van der Waals surface area contributed by atoms with Crippen molar-refractivity contribution >= 4 is 17.6 Å². The first kappa shape index (κ1) is 20.8. The number of piperazine rings is 1. The molecular weight excluding hydrogens is 400 g/mol. The van der Waals surface area contributed by atoms with E-state index in [1.165, 1.54) is 4.90 Å². The van der Waals surface area contributed by atoms with E-state index in [2.05, 4.69) is 6.07 Å². The molecule has 2 aliphatic rings. The number of furan rings is 1. The lowest BCUT2D eigenvalue weighted by atomic mass is 9.87. The number of aromatic nitrogens is 1. The second-order valence-electron chi connectivity index (χ2n) is 8.18. The minimum atomic E-state index is -0.847. The van der Waals surface area contributed by atoms with Crippen LogP contribution in [0.2, 0.25) is 0 Å². The Morgan fingerprint density at radius 3 is 2.61 bits per heavy atom. The van der Waals surface area contributed by atoms with E-state index in [4.69, 9.17) is 20.0 Å². The summed E-state index contributed by atoms with van der Waals surface area (Å²) in [5, 5.41) is 10.0. The number of rotatable bonds is 2. The van der Waals surface area contributed by atoms with Gasteiger partial charge in [0.2, 0.25) is 0 Å². The minimum absolute atomic E-state index is 0.320. The number of hydrazine groups is 1. The molecule has 2 aromatic rings. The van der Waals surface area contributed by atoms with Crippen molar-refractivity contribution in [1.82, 2.24) is 15.3 Å². The maximum absolute atomic E-state index is 12.1. The van der Waals surface area contributed by atoms with Crippen LogP contribution >= 0.6 is 0 Å². The highest BCUT2D eigenvalue weighted by Crippen LogP contribution is 2.39. The molecule has 1 saturated heterocycles. The van der Waals surface area contributed by atoms with Gasteiger partial charge in [0.25, 0.3) is 0 Å². The molecule has 31 heavy (non-hydrogen) atoms. The number of nitrogens with two attached hydrogens (primary N) is 1. The number of carbonyl (C=O) groups excluding carboxylic acids is 2. The first-order valence-electron chi connectivity index (χ1n) is 10.0. The number of hydrogen-bond acceptors (Lipinski definition) is 8. The second-order valence-corrected chi connectivity index (χ2v) is 8.18. The van der Waals surface area contributed by atoms with E-state index in [0.717, 1.165) is 11.1 Å². The molecule has 0 atom stereocenters. The predicted octanol–water partition coefficient (Wildman–Crippen LogP) is 0.703. The van der Waals surface area contributed by atoms with Gasteiger partial charge in [-0.25, -0.2) is 10.8 Å². The largest absolute Gasteiger partial charge is 0.463 e. The number of amides is 2. The van der Waals surface area contributed by atoms with Crippen molar-refractivity contribution < 1.29 is 18.7 Å². The molecule has 0 aromatic carbocycles. The van der Waals surface area contributed by atoms with Crippen molar-refractivity contribution in [1.29, 1.82) is 5.26 Å². The molecule has 2 amide bonds. The van der Waals surface area contributed by atoms with Crippen molar-refractivity contribution in [3.05, 3.63) is 35.1 Å². The van der Waals surface area contributed by atoms with Gasteiger partial charge in [-0.15, -0.1) is 0 Å². The summed E-state index contributed by atoms with van der Waals surface area (Å²) >= 11 is 0. The summed E-state index contributed by atoms with van der Waals surface area (Å²) in [7, 11) is 0. The average molecular weight is 424 g/mol. The Kier molecular flexibility index (Phi) is 5.39. The van der Waals surface area contributed by atoms with Crippen LogP contribution < -0.4 is 16.2 Å². The molecule has 0 radical (unpaired) electrons. The van der Waals surface area contributed by atoms with Gasteiger partial charge in [-0.1, -0.05) is 0 Å². The van der Waals surface area contributed by atoms with E-state index in [1.54, 1.807) is 12.3 Å². The Bertz CT molecular complexity index is 1050. The van der Waals surface area contributed by atoms with E-state index in [-0.39, 0.29) is 0 Å². The molecule has 0 saturated carbocycles. The third-order valence-electron chi connectivity index (χ3n) is 5.66. The van der Waals surface area contributed by atoms with E-state index in [9.17, 15) is 14.9 Å². The average Bonchev–Trinajstić information content (AvgIpc) is 3.31. The molecule has 2 aliphatic heterocycles. The molecule has 3 N–H and O–H groups in total. The number of fused-ring (bicyclic) bond motifs is 1. The van der Waals surface area contributed by atoms with Gasteiger partial charge in [0.1, 0.15) is 17.6 Å². The third-order valence-corrected chi connectivity index (χ3v) is 5.66. The van der Waals surface area contributed by atoms with Crippen molar-refractivity contribution in [2.75, 3.05) is 31.1 Å². The van der Waals surface area contributed by atoms with Crippen molar-refractivity contribution in [2.24, 2.45) is 5.84 Å². The normalized spacial score (nSPS) is 17.6. The summed E-state index contributed by atoms with van der Waals surface area (Å²) in [5.74, 6) is 4.71. The Labute approximate surface area is 179 Å². The SMILES string of the molecule is CC1(C)Cc2c(C#N)c(N3CCN(C(=O)C(=O)NN)CC3)nc(-c3ccco3)c2CO1. The number of nitriles is 1. The summed E-state index contributed by atoms with van der Waals surface area (Å²) in [6.45, 7) is 5.84. The maximum Gasteiger partial charge on any atom is 0.323 e. The molecule has 10 heteroatoms. The number of anilines is 1. The fourth-order valence-electron chi connectivity index (χ4n) is 4.04. The van der Waals surface area contributed by atoms with Gasteiger partial charge in [0.15, 0.2) is 5.76 Å². The summed E-state index contributed by atoms with van der Waals surface area (Å²) in [5.41, 5.74) is 4.41. The molecule has 162 valence electrons. The number of hydrogen-bond donors (Lipinski definition) is 2. The number of pyridine rings is 1. The van der Waals surface area contributed by atoms with Crippen LogP contribution in [-0.2, 0) is 27.4 Å². The Morgan fingerprint density at radius 1 is 1.26 bits per heavy atom. The van der Waals surface area contributed by atoms with E-state index < -0.39 is 17.4 Å². The zero-order chi connectivity index (χ0) is 22.2. The summed E-state index contributed by atoms with van der Waals surface area (Å²) in [4.78, 5) is 31.9. The van der Waals surface area contributed by atoms with Gasteiger partial charge < -0.3 is 19.0 Å². The molecule has 0 spiro atoms. The standard InChI is InChI=1S/C21H24N6O4/c1-21(2)10-13-14(11-22)18(24-17(15(13)12-31-21)16-4-3-9-30-16)26-5-7-27(8-6-26)20(29)19(28)25-23/h3-4,9H,5-8,10,12,23H2,1-2H3,(H,25,28). The second kappa shape index (κ2) is 8.02. The van der Waals surface area contributed by atoms with Crippen LogP contribution in [0.4, 0.5) is 5.82 Å². The van der Waals surface area contributed by atoms with Gasteiger partial charge in [0, 0.05) is 38.2 Å². The van der Waals surface area contributed by atoms with Crippen LogP contribution in [0.3, 0.4) is 0 Å². The molecular formula is C21H24N6O4. The molecule has 10 nitrogen and oxygen atoms in total. The maximum atomic E-state index is 12.1.